The van der Waals surface area contributed by atoms with Crippen LogP contribution in [0.2, 0.25) is 0 Å². The zero-order valence-electron chi connectivity index (χ0n) is 19.4. The number of hydrogen-bond donors (Lipinski definition) is 2. The first-order valence-corrected chi connectivity index (χ1v) is 10.6. The molecule has 0 aromatic heterocycles. The van der Waals surface area contributed by atoms with E-state index in [0.717, 1.165) is 5.56 Å². The molecular formula is C23H32N2O8. The molecule has 0 unspecified atom stereocenters. The average Bonchev–Trinajstić information content (AvgIpc) is 3.57. The van der Waals surface area contributed by atoms with E-state index in [0.29, 0.717) is 6.42 Å². The first-order valence-electron chi connectivity index (χ1n) is 10.6. The van der Waals surface area contributed by atoms with Gasteiger partial charge in [0.2, 0.25) is 6.79 Å². The van der Waals surface area contributed by atoms with Crippen LogP contribution < -0.4 is 11.1 Å². The molecule has 33 heavy (non-hydrogen) atoms. The van der Waals surface area contributed by atoms with Gasteiger partial charge in [0.05, 0.1) is 24.0 Å². The summed E-state index contributed by atoms with van der Waals surface area (Å²) < 4.78 is 19.9. The van der Waals surface area contributed by atoms with E-state index in [-0.39, 0.29) is 18.9 Å². The monoisotopic (exact) mass is 464 g/mol. The van der Waals surface area contributed by atoms with Crippen LogP contribution in [0, 0.1) is 11.3 Å². The molecule has 1 aliphatic rings. The second kappa shape index (κ2) is 11.9. The van der Waals surface area contributed by atoms with Gasteiger partial charge in [-0.05, 0) is 32.8 Å². The first-order chi connectivity index (χ1) is 15.5. The van der Waals surface area contributed by atoms with Crippen LogP contribution in [-0.4, -0.2) is 68.9 Å². The van der Waals surface area contributed by atoms with E-state index in [1.54, 1.807) is 20.8 Å². The van der Waals surface area contributed by atoms with Gasteiger partial charge in [0, 0.05) is 13.7 Å². The highest BCUT2D eigenvalue weighted by Crippen LogP contribution is 2.24. The number of esters is 2. The lowest BCUT2D eigenvalue weighted by Gasteiger charge is -2.19. The molecule has 4 atom stereocenters. The molecule has 1 amide bonds. The Hall–Kier alpha value is -2.82. The van der Waals surface area contributed by atoms with Crippen LogP contribution in [0.4, 0.5) is 0 Å². The van der Waals surface area contributed by atoms with Gasteiger partial charge in [-0.25, -0.2) is 4.79 Å². The zero-order chi connectivity index (χ0) is 24.6. The SMILES string of the molecule is COC[C@H](CNC(=O)[C@H]1O[C@@H]1C(=O)OCOC(=O)C(C)(C)C)C(=O)[C@@H](N)Cc1ccccc1. The fraction of sp³-hybridized carbons (Fsp3) is 0.565. The Balaban J connectivity index is 1.77. The number of carbonyl (C=O) groups is 4. The van der Waals surface area contributed by atoms with Gasteiger partial charge in [0.15, 0.2) is 18.0 Å². The quantitative estimate of drug-likeness (QED) is 0.254. The number of Topliss-reactive ketones (excluding diaryl/α,β-unsaturated/α-hetero) is 1. The van der Waals surface area contributed by atoms with E-state index in [1.165, 1.54) is 7.11 Å². The van der Waals surface area contributed by atoms with Crippen LogP contribution >= 0.6 is 0 Å². The Labute approximate surface area is 193 Å². The molecule has 1 heterocycles. The lowest BCUT2D eigenvalue weighted by Crippen LogP contribution is -2.45. The van der Waals surface area contributed by atoms with E-state index in [1.807, 2.05) is 30.3 Å². The standard InChI is InChI=1S/C23H32N2O8/c1-23(2,3)22(29)32-13-31-21(28)19-18(33-19)20(27)25-11-15(12-30-4)17(26)16(24)10-14-8-6-5-7-9-14/h5-9,15-16,18-19H,10-13,24H2,1-4H3,(H,25,27)/t15-,16-,18-,19-/m0/s1. The molecular weight excluding hydrogens is 432 g/mol. The number of amides is 1. The molecule has 1 aromatic rings. The molecule has 2 rings (SSSR count). The number of benzene rings is 1. The third kappa shape index (κ3) is 8.23. The molecule has 1 aromatic carbocycles. The van der Waals surface area contributed by atoms with Gasteiger partial charge >= 0.3 is 11.9 Å². The number of hydrogen-bond acceptors (Lipinski definition) is 9. The van der Waals surface area contributed by atoms with E-state index in [2.05, 4.69) is 5.32 Å². The Morgan fingerprint density at radius 3 is 2.36 bits per heavy atom. The molecule has 0 spiro atoms. The van der Waals surface area contributed by atoms with Crippen molar-refractivity contribution in [3.63, 3.8) is 0 Å². The lowest BCUT2D eigenvalue weighted by atomic mass is 9.94. The van der Waals surface area contributed by atoms with Crippen LogP contribution in [0.15, 0.2) is 30.3 Å². The van der Waals surface area contributed by atoms with Crippen molar-refractivity contribution in [3.05, 3.63) is 35.9 Å². The summed E-state index contributed by atoms with van der Waals surface area (Å²) in [6.07, 6.45) is -1.75. The first kappa shape index (κ1) is 26.4. The smallest absolute Gasteiger partial charge is 0.341 e. The van der Waals surface area contributed by atoms with Gasteiger partial charge < -0.3 is 30.0 Å². The minimum absolute atomic E-state index is 0.0151. The molecule has 0 aliphatic carbocycles. The van der Waals surface area contributed by atoms with Crippen molar-refractivity contribution in [1.29, 1.82) is 0 Å². The predicted molar refractivity (Wildman–Crippen MR) is 117 cm³/mol. The number of carbonyl (C=O) groups excluding carboxylic acids is 4. The lowest BCUT2D eigenvalue weighted by molar-refractivity contribution is -0.173. The van der Waals surface area contributed by atoms with Crippen LogP contribution in [0.25, 0.3) is 0 Å². The number of methoxy groups -OCH3 is 1. The Kier molecular flexibility index (Phi) is 9.51. The maximum atomic E-state index is 12.7. The van der Waals surface area contributed by atoms with E-state index < -0.39 is 54.2 Å². The van der Waals surface area contributed by atoms with Crippen molar-refractivity contribution in [1.82, 2.24) is 5.32 Å². The molecule has 1 fully saturated rings. The molecule has 10 heteroatoms. The van der Waals surface area contributed by atoms with Gasteiger partial charge in [-0.2, -0.15) is 0 Å². The van der Waals surface area contributed by atoms with Crippen LogP contribution in [0.1, 0.15) is 26.3 Å². The maximum absolute atomic E-state index is 12.7. The minimum Gasteiger partial charge on any atom is -0.427 e. The van der Waals surface area contributed by atoms with Crippen molar-refractivity contribution >= 4 is 23.6 Å². The van der Waals surface area contributed by atoms with Gasteiger partial charge in [-0.1, -0.05) is 30.3 Å². The number of ketones is 1. The molecule has 182 valence electrons. The summed E-state index contributed by atoms with van der Waals surface area (Å²) >= 11 is 0. The summed E-state index contributed by atoms with van der Waals surface area (Å²) in [6, 6.07) is 8.62. The third-order valence-corrected chi connectivity index (χ3v) is 4.94. The zero-order valence-corrected chi connectivity index (χ0v) is 19.4. The topological polar surface area (TPSA) is 147 Å². The number of nitrogens with two attached hydrogens (primary N) is 1. The second-order valence-corrected chi connectivity index (χ2v) is 8.84. The molecule has 1 saturated heterocycles. The molecule has 0 saturated carbocycles. The number of rotatable bonds is 12. The Morgan fingerprint density at radius 1 is 1.09 bits per heavy atom. The van der Waals surface area contributed by atoms with Gasteiger partial charge in [0.25, 0.3) is 5.91 Å². The summed E-state index contributed by atoms with van der Waals surface area (Å²) in [5.41, 5.74) is 6.27. The summed E-state index contributed by atoms with van der Waals surface area (Å²) in [5, 5.41) is 2.59. The second-order valence-electron chi connectivity index (χ2n) is 8.84. The van der Waals surface area contributed by atoms with E-state index in [4.69, 9.17) is 24.7 Å². The highest BCUT2D eigenvalue weighted by atomic mass is 16.7. The summed E-state index contributed by atoms with van der Waals surface area (Å²) in [5.74, 6) is -2.80. The normalized spacial score (nSPS) is 19.2. The van der Waals surface area contributed by atoms with Gasteiger partial charge in [-0.3, -0.25) is 14.4 Å². The Morgan fingerprint density at radius 2 is 1.76 bits per heavy atom. The average molecular weight is 465 g/mol. The maximum Gasteiger partial charge on any atom is 0.341 e. The fourth-order valence-corrected chi connectivity index (χ4v) is 2.97. The molecule has 10 nitrogen and oxygen atoms in total. The molecule has 1 aliphatic heterocycles. The van der Waals surface area contributed by atoms with Crippen molar-refractivity contribution in [2.45, 2.75) is 45.4 Å². The molecule has 3 N–H and O–H groups in total. The van der Waals surface area contributed by atoms with Crippen molar-refractivity contribution in [2.75, 3.05) is 27.1 Å². The van der Waals surface area contributed by atoms with Crippen molar-refractivity contribution in [2.24, 2.45) is 17.1 Å². The van der Waals surface area contributed by atoms with Crippen LogP contribution in [-0.2, 0) is 44.5 Å². The number of ether oxygens (including phenoxy) is 4. The third-order valence-electron chi connectivity index (χ3n) is 4.94. The number of epoxide rings is 1. The predicted octanol–water partition coefficient (Wildman–Crippen LogP) is 0.362. The summed E-state index contributed by atoms with van der Waals surface area (Å²) in [7, 11) is 1.45. The van der Waals surface area contributed by atoms with Gasteiger partial charge in [-0.15, -0.1) is 0 Å². The van der Waals surface area contributed by atoms with Crippen LogP contribution in [0.3, 0.4) is 0 Å². The minimum atomic E-state index is -1.09. The van der Waals surface area contributed by atoms with E-state index in [9.17, 15) is 19.2 Å². The highest BCUT2D eigenvalue weighted by molar-refractivity contribution is 5.93. The van der Waals surface area contributed by atoms with Crippen molar-refractivity contribution in [3.8, 4) is 0 Å². The van der Waals surface area contributed by atoms with E-state index >= 15 is 0 Å². The highest BCUT2D eigenvalue weighted by Gasteiger charge is 2.51. The molecule has 0 radical (unpaired) electrons. The summed E-state index contributed by atoms with van der Waals surface area (Å²) in [4.78, 5) is 48.7. The molecule has 0 bridgehead atoms. The van der Waals surface area contributed by atoms with Crippen molar-refractivity contribution < 1.29 is 38.1 Å². The Bertz CT molecular complexity index is 837. The van der Waals surface area contributed by atoms with Gasteiger partial charge in [0.1, 0.15) is 0 Å². The summed E-state index contributed by atoms with van der Waals surface area (Å²) in [6.45, 7) is 4.50. The largest absolute Gasteiger partial charge is 0.427 e. The fourth-order valence-electron chi connectivity index (χ4n) is 2.97. The van der Waals surface area contributed by atoms with Crippen LogP contribution in [0.5, 0.6) is 0 Å². The number of nitrogens with one attached hydrogen (secondary N) is 1.